The number of halogens is 1. The van der Waals surface area contributed by atoms with Gasteiger partial charge in [0.25, 0.3) is 0 Å². The van der Waals surface area contributed by atoms with Crippen LogP contribution in [0.1, 0.15) is 6.92 Å². The zero-order valence-corrected chi connectivity index (χ0v) is 16.4. The van der Waals surface area contributed by atoms with Crippen LogP contribution in [0.3, 0.4) is 0 Å². The van der Waals surface area contributed by atoms with Gasteiger partial charge in [0.05, 0.1) is 5.25 Å². The fourth-order valence-electron chi connectivity index (χ4n) is 2.96. The molecular formula is C21H18FN5OS. The Morgan fingerprint density at radius 2 is 1.86 bits per heavy atom. The molecule has 0 saturated carbocycles. The lowest BCUT2D eigenvalue weighted by Crippen LogP contribution is -2.23. The molecule has 1 atom stereocenters. The van der Waals surface area contributed by atoms with E-state index in [1.165, 1.54) is 28.6 Å². The Morgan fingerprint density at radius 1 is 1.10 bits per heavy atom. The van der Waals surface area contributed by atoms with Crippen molar-refractivity contribution >= 4 is 34.1 Å². The zero-order valence-electron chi connectivity index (χ0n) is 15.5. The molecule has 1 heterocycles. The van der Waals surface area contributed by atoms with Crippen LogP contribution in [0.4, 0.5) is 10.1 Å². The first-order valence-corrected chi connectivity index (χ1v) is 9.82. The van der Waals surface area contributed by atoms with E-state index in [9.17, 15) is 9.18 Å². The summed E-state index contributed by atoms with van der Waals surface area (Å²) in [7, 11) is 0. The van der Waals surface area contributed by atoms with E-state index in [-0.39, 0.29) is 11.7 Å². The highest BCUT2D eigenvalue weighted by molar-refractivity contribution is 8.00. The van der Waals surface area contributed by atoms with E-state index >= 15 is 0 Å². The molecule has 0 aliphatic carbocycles. The van der Waals surface area contributed by atoms with Crippen molar-refractivity contribution in [2.24, 2.45) is 0 Å². The van der Waals surface area contributed by atoms with Crippen LogP contribution >= 0.6 is 11.8 Å². The van der Waals surface area contributed by atoms with Gasteiger partial charge in [-0.15, -0.1) is 10.2 Å². The molecule has 0 unspecified atom stereocenters. The van der Waals surface area contributed by atoms with Crippen LogP contribution in [-0.2, 0) is 4.79 Å². The molecule has 3 N–H and O–H groups in total. The number of amides is 1. The van der Waals surface area contributed by atoms with Gasteiger partial charge >= 0.3 is 0 Å². The molecule has 0 aliphatic heterocycles. The Balaban J connectivity index is 1.51. The SMILES string of the molecule is C[C@H](Sc1nnc(-c2cccc(F)c2)n1N)C(=O)Nc1cccc2ccccc12. The lowest BCUT2D eigenvalue weighted by atomic mass is 10.1. The molecule has 3 aromatic carbocycles. The second-order valence-electron chi connectivity index (χ2n) is 6.46. The molecule has 8 heteroatoms. The van der Waals surface area contributed by atoms with Gasteiger partial charge in [0.1, 0.15) is 5.82 Å². The first kappa shape index (κ1) is 18.9. The molecule has 0 fully saturated rings. The molecule has 0 radical (unpaired) electrons. The molecule has 6 nitrogen and oxygen atoms in total. The van der Waals surface area contributed by atoms with E-state index in [4.69, 9.17) is 5.84 Å². The Kier molecular flexibility index (Phi) is 5.18. The Bertz CT molecular complexity index is 1190. The minimum Gasteiger partial charge on any atom is -0.335 e. The summed E-state index contributed by atoms with van der Waals surface area (Å²) in [5.74, 6) is 5.84. The molecular weight excluding hydrogens is 389 g/mol. The lowest BCUT2D eigenvalue weighted by molar-refractivity contribution is -0.115. The van der Waals surface area contributed by atoms with Gasteiger partial charge in [0.2, 0.25) is 11.1 Å². The van der Waals surface area contributed by atoms with Crippen LogP contribution in [0, 0.1) is 5.82 Å². The monoisotopic (exact) mass is 407 g/mol. The van der Waals surface area contributed by atoms with Gasteiger partial charge in [-0.05, 0) is 30.5 Å². The highest BCUT2D eigenvalue weighted by Crippen LogP contribution is 2.27. The minimum atomic E-state index is -0.471. The maximum Gasteiger partial charge on any atom is 0.237 e. The summed E-state index contributed by atoms with van der Waals surface area (Å²) in [5, 5.41) is 13.0. The molecule has 0 bridgehead atoms. The number of carbonyl (C=O) groups is 1. The molecule has 0 spiro atoms. The maximum absolute atomic E-state index is 13.5. The molecule has 1 amide bonds. The smallest absolute Gasteiger partial charge is 0.237 e. The quantitative estimate of drug-likeness (QED) is 0.385. The van der Waals surface area contributed by atoms with Crippen LogP contribution in [-0.4, -0.2) is 26.0 Å². The summed E-state index contributed by atoms with van der Waals surface area (Å²) in [6.45, 7) is 1.77. The molecule has 0 saturated heterocycles. The van der Waals surface area contributed by atoms with Crippen molar-refractivity contribution in [2.45, 2.75) is 17.3 Å². The van der Waals surface area contributed by atoms with Gasteiger partial charge in [-0.3, -0.25) is 4.79 Å². The van der Waals surface area contributed by atoms with Crippen LogP contribution < -0.4 is 11.2 Å². The van der Waals surface area contributed by atoms with Crippen molar-refractivity contribution in [2.75, 3.05) is 11.2 Å². The summed E-state index contributed by atoms with van der Waals surface area (Å²) < 4.78 is 14.7. The van der Waals surface area contributed by atoms with E-state index in [0.717, 1.165) is 16.5 Å². The normalized spacial score (nSPS) is 12.1. The number of hydrogen-bond acceptors (Lipinski definition) is 5. The number of rotatable bonds is 5. The third kappa shape index (κ3) is 3.93. The number of hydrogen-bond donors (Lipinski definition) is 2. The number of anilines is 1. The van der Waals surface area contributed by atoms with E-state index in [0.29, 0.717) is 16.5 Å². The second kappa shape index (κ2) is 7.92. The number of fused-ring (bicyclic) bond motifs is 1. The molecule has 4 aromatic rings. The summed E-state index contributed by atoms with van der Waals surface area (Å²) in [6, 6.07) is 19.6. The summed E-state index contributed by atoms with van der Waals surface area (Å²) >= 11 is 1.18. The number of benzene rings is 3. The van der Waals surface area contributed by atoms with E-state index in [1.807, 2.05) is 42.5 Å². The van der Waals surface area contributed by atoms with Crippen LogP contribution in [0.5, 0.6) is 0 Å². The third-order valence-electron chi connectivity index (χ3n) is 4.45. The van der Waals surface area contributed by atoms with Gasteiger partial charge in [-0.25, -0.2) is 9.07 Å². The number of thioether (sulfide) groups is 1. The summed E-state index contributed by atoms with van der Waals surface area (Å²) in [4.78, 5) is 12.7. The van der Waals surface area contributed by atoms with E-state index < -0.39 is 5.25 Å². The Hall–Kier alpha value is -3.39. The molecule has 146 valence electrons. The fourth-order valence-corrected chi connectivity index (χ4v) is 3.73. The zero-order chi connectivity index (χ0) is 20.4. The number of nitrogens with two attached hydrogens (primary N) is 1. The third-order valence-corrected chi connectivity index (χ3v) is 5.50. The van der Waals surface area contributed by atoms with Crippen LogP contribution in [0.2, 0.25) is 0 Å². The van der Waals surface area contributed by atoms with Crippen molar-refractivity contribution in [3.63, 3.8) is 0 Å². The molecule has 0 aliphatic rings. The molecule has 4 rings (SSSR count). The predicted molar refractivity (Wildman–Crippen MR) is 113 cm³/mol. The number of nitrogen functional groups attached to an aromatic ring is 1. The highest BCUT2D eigenvalue weighted by atomic mass is 32.2. The van der Waals surface area contributed by atoms with Crippen LogP contribution in [0.15, 0.2) is 71.9 Å². The summed E-state index contributed by atoms with van der Waals surface area (Å²) in [6.07, 6.45) is 0. The first-order valence-electron chi connectivity index (χ1n) is 8.94. The van der Waals surface area contributed by atoms with Crippen molar-refractivity contribution < 1.29 is 9.18 Å². The number of nitrogens with zero attached hydrogens (tertiary/aromatic N) is 3. The number of aromatic nitrogens is 3. The standard InChI is InChI=1S/C21H18FN5OS/c1-13(20(28)24-18-11-5-7-14-6-2-3-10-17(14)18)29-21-26-25-19(27(21)23)15-8-4-9-16(22)12-15/h2-13H,23H2,1H3,(H,24,28)/t13-/m0/s1. The predicted octanol–water partition coefficient (Wildman–Crippen LogP) is 4.07. The van der Waals surface area contributed by atoms with Gasteiger partial charge < -0.3 is 11.2 Å². The van der Waals surface area contributed by atoms with E-state index in [2.05, 4.69) is 15.5 Å². The Morgan fingerprint density at radius 3 is 2.69 bits per heavy atom. The number of nitrogens with one attached hydrogen (secondary N) is 1. The molecule has 29 heavy (non-hydrogen) atoms. The lowest BCUT2D eigenvalue weighted by Gasteiger charge is -2.13. The minimum absolute atomic E-state index is 0.179. The van der Waals surface area contributed by atoms with Crippen molar-refractivity contribution in [1.82, 2.24) is 14.9 Å². The molecule has 1 aromatic heterocycles. The topological polar surface area (TPSA) is 85.8 Å². The van der Waals surface area contributed by atoms with Gasteiger partial charge in [-0.1, -0.05) is 60.3 Å². The average molecular weight is 407 g/mol. The maximum atomic E-state index is 13.5. The van der Waals surface area contributed by atoms with Crippen LogP contribution in [0.25, 0.3) is 22.2 Å². The largest absolute Gasteiger partial charge is 0.335 e. The van der Waals surface area contributed by atoms with Gasteiger partial charge in [-0.2, -0.15) is 0 Å². The average Bonchev–Trinajstić information content (AvgIpc) is 3.08. The first-order chi connectivity index (χ1) is 14.0. The van der Waals surface area contributed by atoms with Crippen molar-refractivity contribution in [1.29, 1.82) is 0 Å². The van der Waals surface area contributed by atoms with Gasteiger partial charge in [0, 0.05) is 16.6 Å². The Labute approximate surface area is 170 Å². The van der Waals surface area contributed by atoms with E-state index in [1.54, 1.807) is 19.1 Å². The van der Waals surface area contributed by atoms with Crippen molar-refractivity contribution in [3.8, 4) is 11.4 Å². The highest BCUT2D eigenvalue weighted by Gasteiger charge is 2.20. The van der Waals surface area contributed by atoms with Crippen molar-refractivity contribution in [3.05, 3.63) is 72.5 Å². The van der Waals surface area contributed by atoms with Gasteiger partial charge in [0.15, 0.2) is 5.82 Å². The number of carbonyl (C=O) groups excluding carboxylic acids is 1. The fraction of sp³-hybridized carbons (Fsp3) is 0.0952. The second-order valence-corrected chi connectivity index (χ2v) is 7.77. The summed E-state index contributed by atoms with van der Waals surface area (Å²) in [5.41, 5.74) is 1.26.